The Labute approximate surface area is 201 Å². The number of carboxylic acid groups (broad SMARTS) is 1. The van der Waals surface area contributed by atoms with Gasteiger partial charge in [0.25, 0.3) is 0 Å². The van der Waals surface area contributed by atoms with E-state index in [-0.39, 0.29) is 19.1 Å². The summed E-state index contributed by atoms with van der Waals surface area (Å²) in [5.74, 6) is -1.63. The molecule has 0 fully saturated rings. The number of rotatable bonds is 9. The second-order valence-electron chi connectivity index (χ2n) is 9.15. The van der Waals surface area contributed by atoms with Crippen LogP contribution in [-0.2, 0) is 14.3 Å². The van der Waals surface area contributed by atoms with Crippen LogP contribution in [0.15, 0.2) is 48.5 Å². The molecule has 0 radical (unpaired) electrons. The molecule has 0 heterocycles. The molecular formula is C27H34N2O5. The molecule has 7 heteroatoms. The Morgan fingerprint density at radius 2 is 1.44 bits per heavy atom. The minimum absolute atomic E-state index is 0.0930. The Hall–Kier alpha value is -3.35. The molecule has 0 bridgehead atoms. The number of carboxylic acids is 1. The molecule has 2 N–H and O–H groups in total. The third-order valence-electron chi connectivity index (χ3n) is 7.06. The minimum atomic E-state index is -1.41. The average Bonchev–Trinajstić information content (AvgIpc) is 3.15. The number of hydrogen-bond acceptors (Lipinski definition) is 4. The van der Waals surface area contributed by atoms with Crippen LogP contribution in [0.25, 0.3) is 11.1 Å². The van der Waals surface area contributed by atoms with E-state index in [9.17, 15) is 19.5 Å². The first-order chi connectivity index (χ1) is 16.1. The number of carbonyl (C=O) groups is 3. The molecule has 0 spiro atoms. The first kappa shape index (κ1) is 25.3. The Kier molecular flexibility index (Phi) is 7.34. The van der Waals surface area contributed by atoms with Crippen LogP contribution < -0.4 is 5.32 Å². The molecule has 34 heavy (non-hydrogen) atoms. The van der Waals surface area contributed by atoms with E-state index < -0.39 is 29.0 Å². The molecule has 1 aliphatic rings. The van der Waals surface area contributed by atoms with Crippen LogP contribution in [0.5, 0.6) is 0 Å². The third-order valence-corrected chi connectivity index (χ3v) is 7.06. The number of hydrogen-bond donors (Lipinski definition) is 2. The molecule has 0 atom stereocenters. The maximum Gasteiger partial charge on any atom is 0.408 e. The molecule has 2 aromatic rings. The van der Waals surface area contributed by atoms with Gasteiger partial charge in [-0.05, 0) is 55.9 Å². The third kappa shape index (κ3) is 4.39. The number of alkyl carbamates (subject to hydrolysis) is 1. The number of nitrogens with one attached hydrogen (secondary N) is 1. The van der Waals surface area contributed by atoms with Gasteiger partial charge in [0.05, 0.1) is 0 Å². The number of likely N-dealkylation sites (N-methyl/N-ethyl adjacent to an activating group) is 1. The number of amides is 2. The zero-order chi connectivity index (χ0) is 25.1. The van der Waals surface area contributed by atoms with Crippen molar-refractivity contribution in [2.45, 2.75) is 64.5 Å². The summed E-state index contributed by atoms with van der Waals surface area (Å²) < 4.78 is 5.66. The molecule has 2 amide bonds. The lowest BCUT2D eigenvalue weighted by Crippen LogP contribution is -2.64. The predicted octanol–water partition coefficient (Wildman–Crippen LogP) is 4.80. The summed E-state index contributed by atoms with van der Waals surface area (Å²) in [4.78, 5) is 39.6. The van der Waals surface area contributed by atoms with E-state index in [1.807, 2.05) is 36.4 Å². The highest BCUT2D eigenvalue weighted by Gasteiger charge is 2.46. The topological polar surface area (TPSA) is 95.9 Å². The van der Waals surface area contributed by atoms with Crippen molar-refractivity contribution in [2.24, 2.45) is 0 Å². The van der Waals surface area contributed by atoms with Crippen molar-refractivity contribution < 1.29 is 24.2 Å². The van der Waals surface area contributed by atoms with Gasteiger partial charge >= 0.3 is 12.1 Å². The summed E-state index contributed by atoms with van der Waals surface area (Å²) in [6.45, 7) is 8.63. The van der Waals surface area contributed by atoms with Crippen LogP contribution in [0.4, 0.5) is 4.79 Å². The highest BCUT2D eigenvalue weighted by molar-refractivity contribution is 5.94. The molecule has 0 unspecified atom stereocenters. The second kappa shape index (κ2) is 9.87. The van der Waals surface area contributed by atoms with Crippen LogP contribution >= 0.6 is 0 Å². The summed E-state index contributed by atoms with van der Waals surface area (Å²) in [6.07, 6.45) is -0.0830. The molecule has 0 saturated carbocycles. The van der Waals surface area contributed by atoms with Gasteiger partial charge in [0, 0.05) is 12.5 Å². The number of fused-ring (bicyclic) bond motifs is 3. The summed E-state index contributed by atoms with van der Waals surface area (Å²) >= 11 is 0. The summed E-state index contributed by atoms with van der Waals surface area (Å²) in [6, 6.07) is 16.1. The molecule has 1 aliphatic carbocycles. The van der Waals surface area contributed by atoms with Crippen LogP contribution in [0.1, 0.15) is 64.5 Å². The largest absolute Gasteiger partial charge is 0.480 e. The fourth-order valence-corrected chi connectivity index (χ4v) is 4.78. The van der Waals surface area contributed by atoms with E-state index in [0.717, 1.165) is 22.3 Å². The Balaban J connectivity index is 1.78. The normalized spacial score (nSPS) is 13.1. The van der Waals surface area contributed by atoms with Crippen molar-refractivity contribution >= 4 is 18.0 Å². The molecule has 0 saturated heterocycles. The van der Waals surface area contributed by atoms with Crippen molar-refractivity contribution in [3.63, 3.8) is 0 Å². The van der Waals surface area contributed by atoms with Crippen molar-refractivity contribution in [3.05, 3.63) is 59.7 Å². The monoisotopic (exact) mass is 466 g/mol. The Morgan fingerprint density at radius 3 is 1.88 bits per heavy atom. The maximum absolute atomic E-state index is 13.5. The van der Waals surface area contributed by atoms with Gasteiger partial charge in [-0.3, -0.25) is 4.79 Å². The van der Waals surface area contributed by atoms with E-state index in [1.165, 1.54) is 18.7 Å². The van der Waals surface area contributed by atoms with Crippen LogP contribution in [0.3, 0.4) is 0 Å². The summed E-state index contributed by atoms with van der Waals surface area (Å²) in [5.41, 5.74) is 1.80. The molecule has 0 aliphatic heterocycles. The predicted molar refractivity (Wildman–Crippen MR) is 131 cm³/mol. The standard InChI is InChI=1S/C27H34N2O5/c1-6-27(7-2,23(30)29(8-3)26(4,5)24(31)32)28-25(33)34-17-22-20-15-11-9-13-18(20)19-14-10-12-16-21(19)22/h9-16,22H,6-8,17H2,1-5H3,(H,28,33)(H,31,32). The van der Waals surface area contributed by atoms with Crippen molar-refractivity contribution in [3.8, 4) is 11.1 Å². The number of nitrogens with zero attached hydrogens (tertiary/aromatic N) is 1. The van der Waals surface area contributed by atoms with Crippen LogP contribution in [0, 0.1) is 0 Å². The number of aliphatic carboxylic acids is 1. The maximum atomic E-state index is 13.5. The van der Waals surface area contributed by atoms with E-state index in [1.54, 1.807) is 20.8 Å². The summed E-state index contributed by atoms with van der Waals surface area (Å²) in [5, 5.41) is 12.4. The lowest BCUT2D eigenvalue weighted by molar-refractivity contribution is -0.159. The van der Waals surface area contributed by atoms with Gasteiger partial charge in [-0.1, -0.05) is 62.4 Å². The minimum Gasteiger partial charge on any atom is -0.480 e. The lowest BCUT2D eigenvalue weighted by Gasteiger charge is -2.41. The van der Waals surface area contributed by atoms with Crippen molar-refractivity contribution in [2.75, 3.05) is 13.2 Å². The fourth-order valence-electron chi connectivity index (χ4n) is 4.78. The van der Waals surface area contributed by atoms with E-state index in [4.69, 9.17) is 4.74 Å². The quantitative estimate of drug-likeness (QED) is 0.554. The second-order valence-corrected chi connectivity index (χ2v) is 9.15. The van der Waals surface area contributed by atoms with Gasteiger partial charge in [0.15, 0.2) is 0 Å². The van der Waals surface area contributed by atoms with E-state index in [0.29, 0.717) is 12.8 Å². The van der Waals surface area contributed by atoms with Gasteiger partial charge in [0.2, 0.25) is 5.91 Å². The molecule has 2 aromatic carbocycles. The van der Waals surface area contributed by atoms with Gasteiger partial charge in [-0.25, -0.2) is 9.59 Å². The highest BCUT2D eigenvalue weighted by Crippen LogP contribution is 2.44. The molecular weight excluding hydrogens is 432 g/mol. The molecule has 7 nitrogen and oxygen atoms in total. The summed E-state index contributed by atoms with van der Waals surface area (Å²) in [7, 11) is 0. The van der Waals surface area contributed by atoms with Crippen molar-refractivity contribution in [1.29, 1.82) is 0 Å². The Morgan fingerprint density at radius 1 is 0.941 bits per heavy atom. The smallest absolute Gasteiger partial charge is 0.408 e. The van der Waals surface area contributed by atoms with Gasteiger partial charge in [-0.2, -0.15) is 0 Å². The van der Waals surface area contributed by atoms with Crippen LogP contribution in [-0.4, -0.2) is 52.2 Å². The number of ether oxygens (including phenoxy) is 1. The van der Waals surface area contributed by atoms with E-state index in [2.05, 4.69) is 17.4 Å². The van der Waals surface area contributed by atoms with Gasteiger partial charge in [-0.15, -0.1) is 0 Å². The van der Waals surface area contributed by atoms with Gasteiger partial charge < -0.3 is 20.1 Å². The average molecular weight is 467 g/mol. The zero-order valence-corrected chi connectivity index (χ0v) is 20.6. The fraction of sp³-hybridized carbons (Fsp3) is 0.444. The first-order valence-corrected chi connectivity index (χ1v) is 11.8. The zero-order valence-electron chi connectivity index (χ0n) is 20.6. The van der Waals surface area contributed by atoms with E-state index >= 15 is 0 Å². The van der Waals surface area contributed by atoms with Crippen LogP contribution in [0.2, 0.25) is 0 Å². The lowest BCUT2D eigenvalue weighted by atomic mass is 9.88. The van der Waals surface area contributed by atoms with Crippen molar-refractivity contribution in [1.82, 2.24) is 10.2 Å². The highest BCUT2D eigenvalue weighted by atomic mass is 16.5. The first-order valence-electron chi connectivity index (χ1n) is 11.8. The number of carbonyl (C=O) groups excluding carboxylic acids is 2. The molecule has 182 valence electrons. The Bertz CT molecular complexity index is 1030. The molecule has 0 aromatic heterocycles. The number of benzene rings is 2. The SMILES string of the molecule is CCN(C(=O)C(CC)(CC)NC(=O)OCC1c2ccccc2-c2ccccc21)C(C)(C)C(=O)O. The molecule has 3 rings (SSSR count). The van der Waals surface area contributed by atoms with Gasteiger partial charge in [0.1, 0.15) is 17.7 Å².